The molecule has 0 fully saturated rings. The van der Waals surface area contributed by atoms with E-state index in [0.29, 0.717) is 0 Å². The Labute approximate surface area is 68.1 Å². The molecule has 0 heterocycles. The Kier molecular flexibility index (Phi) is 35.3. The first kappa shape index (κ1) is 15.7. The molecule has 0 amide bonds. The van der Waals surface area contributed by atoms with Gasteiger partial charge >= 0.3 is 29.6 Å². The molecular formula is C5H13NaO. The molecule has 0 aliphatic heterocycles. The van der Waals surface area contributed by atoms with Crippen LogP contribution in [0.1, 0.15) is 26.2 Å². The van der Waals surface area contributed by atoms with Gasteiger partial charge in [0, 0.05) is 0 Å². The number of hydrogen-bond acceptors (Lipinski definition) is 0. The Bertz CT molecular complexity index is 15.6. The first-order valence-corrected chi connectivity index (χ1v) is 2.21. The summed E-state index contributed by atoms with van der Waals surface area (Å²) in [6.45, 7) is 5.85. The summed E-state index contributed by atoms with van der Waals surface area (Å²) in [5.41, 5.74) is 0. The Morgan fingerprint density at radius 1 is 1.43 bits per heavy atom. The molecule has 0 atom stereocenters. The van der Waals surface area contributed by atoms with Gasteiger partial charge in [-0.3, -0.25) is 0 Å². The molecule has 0 radical (unpaired) electrons. The minimum absolute atomic E-state index is 0. The van der Waals surface area contributed by atoms with E-state index in [1.807, 2.05) is 0 Å². The van der Waals surface area contributed by atoms with E-state index in [0.717, 1.165) is 6.42 Å². The van der Waals surface area contributed by atoms with Crippen LogP contribution in [0.4, 0.5) is 0 Å². The van der Waals surface area contributed by atoms with Crippen molar-refractivity contribution in [3.05, 3.63) is 6.92 Å². The summed E-state index contributed by atoms with van der Waals surface area (Å²) in [6, 6.07) is 0. The topological polar surface area (TPSA) is 31.5 Å². The fourth-order valence-electron chi connectivity index (χ4n) is 0.250. The van der Waals surface area contributed by atoms with Gasteiger partial charge in [0.1, 0.15) is 0 Å². The molecule has 2 heteroatoms. The fraction of sp³-hybridized carbons (Fsp3) is 0.800. The minimum atomic E-state index is 0. The summed E-state index contributed by atoms with van der Waals surface area (Å²) in [4.78, 5) is 0. The van der Waals surface area contributed by atoms with Crippen molar-refractivity contribution in [3.63, 3.8) is 0 Å². The molecule has 0 saturated carbocycles. The normalized spacial score (nSPS) is 6.00. The van der Waals surface area contributed by atoms with Crippen molar-refractivity contribution in [3.8, 4) is 0 Å². The van der Waals surface area contributed by atoms with Crippen molar-refractivity contribution in [2.75, 3.05) is 0 Å². The van der Waals surface area contributed by atoms with E-state index in [9.17, 15) is 0 Å². The molecule has 7 heavy (non-hydrogen) atoms. The predicted octanol–water partition coefficient (Wildman–Crippen LogP) is -1.81. The molecule has 1 nitrogen and oxygen atoms in total. The Balaban J connectivity index is -0.0000000800. The van der Waals surface area contributed by atoms with E-state index < -0.39 is 0 Å². The molecular weight excluding hydrogens is 99.0 g/mol. The van der Waals surface area contributed by atoms with Gasteiger partial charge in [-0.25, -0.2) is 0 Å². The fourth-order valence-corrected chi connectivity index (χ4v) is 0.250. The molecule has 0 aliphatic rings. The molecule has 0 saturated heterocycles. The summed E-state index contributed by atoms with van der Waals surface area (Å²) >= 11 is 0. The summed E-state index contributed by atoms with van der Waals surface area (Å²) < 4.78 is 0. The van der Waals surface area contributed by atoms with Gasteiger partial charge in [-0.2, -0.15) is 6.42 Å². The van der Waals surface area contributed by atoms with Crippen molar-refractivity contribution in [2.24, 2.45) is 0 Å². The number of hydrogen-bond donors (Lipinski definition) is 0. The quantitative estimate of drug-likeness (QED) is 0.298. The van der Waals surface area contributed by atoms with E-state index in [1.165, 1.54) is 12.8 Å². The summed E-state index contributed by atoms with van der Waals surface area (Å²) in [5, 5.41) is 0. The van der Waals surface area contributed by atoms with Crippen molar-refractivity contribution in [1.82, 2.24) is 0 Å². The largest absolute Gasteiger partial charge is 1.00 e. The Hall–Kier alpha value is 0.960. The second-order valence-corrected chi connectivity index (χ2v) is 1.21. The molecule has 0 aromatic carbocycles. The third kappa shape index (κ3) is 19.5. The minimum Gasteiger partial charge on any atom is -0.412 e. The monoisotopic (exact) mass is 112 g/mol. The van der Waals surface area contributed by atoms with Crippen LogP contribution in [0.15, 0.2) is 0 Å². The van der Waals surface area contributed by atoms with Crippen LogP contribution in [-0.4, -0.2) is 5.48 Å². The van der Waals surface area contributed by atoms with Crippen LogP contribution in [0.3, 0.4) is 0 Å². The van der Waals surface area contributed by atoms with Crippen molar-refractivity contribution in [2.45, 2.75) is 26.2 Å². The Morgan fingerprint density at radius 3 is 1.86 bits per heavy atom. The zero-order valence-corrected chi connectivity index (χ0v) is 7.33. The second kappa shape index (κ2) is 15.8. The van der Waals surface area contributed by atoms with Crippen LogP contribution < -0.4 is 29.6 Å². The molecule has 40 valence electrons. The maximum atomic E-state index is 3.68. The van der Waals surface area contributed by atoms with Crippen LogP contribution in [0, 0.1) is 6.92 Å². The van der Waals surface area contributed by atoms with Crippen LogP contribution in [0.5, 0.6) is 0 Å². The van der Waals surface area contributed by atoms with Crippen molar-refractivity contribution < 1.29 is 35.0 Å². The third-order valence-corrected chi connectivity index (χ3v) is 0.604. The maximum Gasteiger partial charge on any atom is 1.00 e. The van der Waals surface area contributed by atoms with Gasteiger partial charge in [0.25, 0.3) is 0 Å². The summed E-state index contributed by atoms with van der Waals surface area (Å²) in [6.07, 6.45) is 3.65. The molecule has 0 unspecified atom stereocenters. The summed E-state index contributed by atoms with van der Waals surface area (Å²) in [5.74, 6) is 0. The number of rotatable bonds is 2. The van der Waals surface area contributed by atoms with Crippen LogP contribution >= 0.6 is 0 Å². The van der Waals surface area contributed by atoms with Gasteiger partial charge in [-0.05, 0) is 0 Å². The van der Waals surface area contributed by atoms with Crippen LogP contribution in [0.2, 0.25) is 0 Å². The second-order valence-electron chi connectivity index (χ2n) is 1.21. The average molecular weight is 112 g/mol. The standard InChI is InChI=1S/C5H11.Na.H2O/c1-3-5-4-2;;/h1,3-5H2,2H3;;1H2/q-1;+1;. The van der Waals surface area contributed by atoms with Crippen molar-refractivity contribution in [1.29, 1.82) is 0 Å². The molecule has 0 aliphatic carbocycles. The first-order chi connectivity index (χ1) is 2.41. The maximum absolute atomic E-state index is 3.68. The van der Waals surface area contributed by atoms with Gasteiger partial charge in [0.05, 0.1) is 0 Å². The molecule has 0 aromatic rings. The smallest absolute Gasteiger partial charge is 0.412 e. The SMILES string of the molecule is O.[CH2-]CCCC.[Na+]. The van der Waals surface area contributed by atoms with E-state index in [4.69, 9.17) is 0 Å². The first-order valence-electron chi connectivity index (χ1n) is 2.21. The van der Waals surface area contributed by atoms with E-state index in [1.54, 1.807) is 0 Å². The zero-order valence-electron chi connectivity index (χ0n) is 5.33. The van der Waals surface area contributed by atoms with Gasteiger partial charge in [-0.15, -0.1) is 0 Å². The van der Waals surface area contributed by atoms with Crippen LogP contribution in [-0.2, 0) is 0 Å². The van der Waals surface area contributed by atoms with Gasteiger partial charge in [-0.1, -0.05) is 19.8 Å². The Morgan fingerprint density at radius 2 is 1.86 bits per heavy atom. The van der Waals surface area contributed by atoms with Gasteiger partial charge in [0.2, 0.25) is 0 Å². The number of unbranched alkanes of at least 4 members (excludes halogenated alkanes) is 2. The zero-order chi connectivity index (χ0) is 4.12. The van der Waals surface area contributed by atoms with Crippen molar-refractivity contribution >= 4 is 0 Å². The van der Waals surface area contributed by atoms with Gasteiger partial charge in [0.15, 0.2) is 0 Å². The molecule has 0 spiro atoms. The molecule has 2 N–H and O–H groups in total. The molecule has 0 rings (SSSR count). The van der Waals surface area contributed by atoms with E-state index in [-0.39, 0.29) is 35.0 Å². The predicted molar refractivity (Wildman–Crippen MR) is 28.5 cm³/mol. The van der Waals surface area contributed by atoms with Crippen LogP contribution in [0.25, 0.3) is 0 Å². The summed E-state index contributed by atoms with van der Waals surface area (Å²) in [7, 11) is 0. The average Bonchev–Trinajstić information content (AvgIpc) is 1.41. The third-order valence-electron chi connectivity index (χ3n) is 0.604. The molecule has 0 aromatic heterocycles. The van der Waals surface area contributed by atoms with Gasteiger partial charge < -0.3 is 12.4 Å². The van der Waals surface area contributed by atoms with E-state index in [2.05, 4.69) is 13.8 Å². The van der Waals surface area contributed by atoms with E-state index >= 15 is 0 Å². The molecule has 0 bridgehead atoms.